The lowest BCUT2D eigenvalue weighted by atomic mass is 10.00. The third kappa shape index (κ3) is 3.61. The van der Waals surface area contributed by atoms with Crippen LogP contribution in [0.4, 0.5) is 0 Å². The highest BCUT2D eigenvalue weighted by Crippen LogP contribution is 2.30. The smallest absolute Gasteiger partial charge is 0.134 e. The number of rotatable bonds is 6. The zero-order valence-electron chi connectivity index (χ0n) is 11.9. The van der Waals surface area contributed by atoms with E-state index in [0.29, 0.717) is 5.92 Å². The molecule has 2 nitrogen and oxygen atoms in total. The predicted molar refractivity (Wildman–Crippen MR) is 84.5 cm³/mol. The fourth-order valence-corrected chi connectivity index (χ4v) is 2.69. The summed E-state index contributed by atoms with van der Waals surface area (Å²) in [6.07, 6.45) is 2.21. The number of furan rings is 1. The largest absolute Gasteiger partial charge is 0.459 e. The summed E-state index contributed by atoms with van der Waals surface area (Å²) in [6.45, 7) is 8.53. The van der Waals surface area contributed by atoms with Gasteiger partial charge in [0.15, 0.2) is 0 Å². The van der Waals surface area contributed by atoms with Crippen molar-refractivity contribution in [3.05, 3.63) is 34.0 Å². The third-order valence-corrected chi connectivity index (χ3v) is 3.65. The van der Waals surface area contributed by atoms with E-state index in [9.17, 15) is 0 Å². The molecule has 0 amide bonds. The van der Waals surface area contributed by atoms with Gasteiger partial charge in [-0.2, -0.15) is 0 Å². The molecule has 104 valence electrons. The van der Waals surface area contributed by atoms with Gasteiger partial charge in [0, 0.05) is 15.4 Å². The van der Waals surface area contributed by atoms with Crippen LogP contribution >= 0.6 is 15.9 Å². The highest BCUT2D eigenvalue weighted by molar-refractivity contribution is 9.10. The first-order valence-electron chi connectivity index (χ1n) is 7.02. The molecule has 0 spiro atoms. The normalized spacial score (nSPS) is 11.6. The maximum atomic E-state index is 6.02. The quantitative estimate of drug-likeness (QED) is 0.765. The van der Waals surface area contributed by atoms with Gasteiger partial charge < -0.3 is 9.73 Å². The highest BCUT2D eigenvalue weighted by Gasteiger charge is 2.15. The molecule has 2 rings (SSSR count). The number of hydrogen-bond donors (Lipinski definition) is 1. The Morgan fingerprint density at radius 3 is 2.79 bits per heavy atom. The lowest BCUT2D eigenvalue weighted by Gasteiger charge is -2.07. The van der Waals surface area contributed by atoms with Crippen LogP contribution in [-0.2, 0) is 13.0 Å². The minimum absolute atomic E-state index is 0.629. The maximum Gasteiger partial charge on any atom is 0.134 e. The first-order valence-corrected chi connectivity index (χ1v) is 7.81. The summed E-state index contributed by atoms with van der Waals surface area (Å²) in [7, 11) is 0. The summed E-state index contributed by atoms with van der Waals surface area (Å²) in [5.74, 6) is 1.72. The van der Waals surface area contributed by atoms with Crippen LogP contribution in [0.5, 0.6) is 0 Å². The summed E-state index contributed by atoms with van der Waals surface area (Å²) < 4.78 is 7.13. The van der Waals surface area contributed by atoms with Gasteiger partial charge in [0.1, 0.15) is 11.3 Å². The van der Waals surface area contributed by atoms with Crippen LogP contribution < -0.4 is 5.32 Å². The van der Waals surface area contributed by atoms with Gasteiger partial charge in [0.2, 0.25) is 0 Å². The number of nitrogens with one attached hydrogen (secondary N) is 1. The van der Waals surface area contributed by atoms with Gasteiger partial charge in [0.25, 0.3) is 0 Å². The summed E-state index contributed by atoms with van der Waals surface area (Å²) in [5.41, 5.74) is 2.35. The molecule has 3 heteroatoms. The van der Waals surface area contributed by atoms with E-state index in [1.807, 2.05) is 12.1 Å². The lowest BCUT2D eigenvalue weighted by molar-refractivity contribution is 0.501. The van der Waals surface area contributed by atoms with Gasteiger partial charge in [-0.3, -0.25) is 0 Å². The molecule has 0 aliphatic carbocycles. The van der Waals surface area contributed by atoms with Crippen LogP contribution in [0.25, 0.3) is 11.0 Å². The Hall–Kier alpha value is -0.800. The topological polar surface area (TPSA) is 25.2 Å². The van der Waals surface area contributed by atoms with Crippen LogP contribution in [0, 0.1) is 5.92 Å². The summed E-state index contributed by atoms with van der Waals surface area (Å²) >= 11 is 3.55. The molecule has 1 aromatic heterocycles. The van der Waals surface area contributed by atoms with E-state index in [4.69, 9.17) is 4.42 Å². The Morgan fingerprint density at radius 2 is 2.11 bits per heavy atom. The summed E-state index contributed by atoms with van der Waals surface area (Å²) in [4.78, 5) is 0. The van der Waals surface area contributed by atoms with Crippen molar-refractivity contribution in [2.24, 2.45) is 5.92 Å². The maximum absolute atomic E-state index is 6.02. The predicted octanol–water partition coefficient (Wildman–Crippen LogP) is 4.89. The van der Waals surface area contributed by atoms with E-state index in [1.54, 1.807) is 0 Å². The van der Waals surface area contributed by atoms with E-state index in [1.165, 1.54) is 10.9 Å². The van der Waals surface area contributed by atoms with E-state index < -0.39 is 0 Å². The Bertz CT molecular complexity index is 545. The van der Waals surface area contributed by atoms with E-state index in [-0.39, 0.29) is 0 Å². The number of benzene rings is 1. The van der Waals surface area contributed by atoms with E-state index in [0.717, 1.165) is 41.7 Å². The first kappa shape index (κ1) is 14.6. The van der Waals surface area contributed by atoms with Crippen molar-refractivity contribution in [3.8, 4) is 0 Å². The lowest BCUT2D eigenvalue weighted by Crippen LogP contribution is -2.14. The molecule has 19 heavy (non-hydrogen) atoms. The van der Waals surface area contributed by atoms with Gasteiger partial charge in [-0.05, 0) is 43.5 Å². The Balaban J connectivity index is 2.37. The number of fused-ring (bicyclic) bond motifs is 1. The van der Waals surface area contributed by atoms with Crippen molar-refractivity contribution in [2.75, 3.05) is 6.54 Å². The first-order chi connectivity index (χ1) is 9.11. The summed E-state index contributed by atoms with van der Waals surface area (Å²) in [6, 6.07) is 6.25. The summed E-state index contributed by atoms with van der Waals surface area (Å²) in [5, 5.41) is 4.68. The van der Waals surface area contributed by atoms with Crippen LogP contribution in [0.1, 0.15) is 38.5 Å². The van der Waals surface area contributed by atoms with E-state index in [2.05, 4.69) is 48.1 Å². The van der Waals surface area contributed by atoms with Crippen LogP contribution in [0.15, 0.2) is 27.1 Å². The molecule has 0 aliphatic rings. The van der Waals surface area contributed by atoms with Crippen molar-refractivity contribution >= 4 is 26.9 Å². The standard InChI is InChI=1S/C16H22BrNO/c1-4-7-18-10-16-13(8-11(2)3)14-9-12(17)5-6-15(14)19-16/h5-6,9,11,18H,4,7-8,10H2,1-3H3. The number of hydrogen-bond acceptors (Lipinski definition) is 2. The van der Waals surface area contributed by atoms with Crippen LogP contribution in [0.3, 0.4) is 0 Å². The second-order valence-corrected chi connectivity index (χ2v) is 6.33. The molecular formula is C16H22BrNO. The fourth-order valence-electron chi connectivity index (χ4n) is 2.33. The minimum atomic E-state index is 0.629. The highest BCUT2D eigenvalue weighted by atomic mass is 79.9. The van der Waals surface area contributed by atoms with Crippen LogP contribution in [-0.4, -0.2) is 6.54 Å². The van der Waals surface area contributed by atoms with Gasteiger partial charge >= 0.3 is 0 Å². The van der Waals surface area contributed by atoms with Crippen molar-refractivity contribution in [1.82, 2.24) is 5.32 Å². The van der Waals surface area contributed by atoms with Gasteiger partial charge in [-0.25, -0.2) is 0 Å². The molecule has 0 radical (unpaired) electrons. The zero-order valence-corrected chi connectivity index (χ0v) is 13.5. The molecule has 0 fully saturated rings. The molecular weight excluding hydrogens is 302 g/mol. The molecule has 0 saturated heterocycles. The van der Waals surface area contributed by atoms with Crippen molar-refractivity contribution < 1.29 is 4.42 Å². The average Bonchev–Trinajstić information content (AvgIpc) is 2.67. The second kappa shape index (κ2) is 6.58. The molecule has 0 bridgehead atoms. The number of halogens is 1. The molecule has 2 aromatic rings. The molecule has 1 heterocycles. The minimum Gasteiger partial charge on any atom is -0.459 e. The molecule has 1 aromatic carbocycles. The van der Waals surface area contributed by atoms with Gasteiger partial charge in [-0.1, -0.05) is 36.7 Å². The third-order valence-electron chi connectivity index (χ3n) is 3.16. The Morgan fingerprint density at radius 1 is 1.32 bits per heavy atom. The Kier molecular flexibility index (Phi) is 5.06. The van der Waals surface area contributed by atoms with Crippen molar-refractivity contribution in [3.63, 3.8) is 0 Å². The molecule has 0 aliphatic heterocycles. The molecule has 1 N–H and O–H groups in total. The molecule has 0 atom stereocenters. The zero-order chi connectivity index (χ0) is 13.8. The fraction of sp³-hybridized carbons (Fsp3) is 0.500. The van der Waals surface area contributed by atoms with Gasteiger partial charge in [-0.15, -0.1) is 0 Å². The molecule has 0 saturated carbocycles. The van der Waals surface area contributed by atoms with Crippen LogP contribution in [0.2, 0.25) is 0 Å². The Labute approximate surface area is 123 Å². The van der Waals surface area contributed by atoms with Gasteiger partial charge in [0.05, 0.1) is 6.54 Å². The SMILES string of the molecule is CCCNCc1oc2ccc(Br)cc2c1CC(C)C. The average molecular weight is 324 g/mol. The monoisotopic (exact) mass is 323 g/mol. The second-order valence-electron chi connectivity index (χ2n) is 5.42. The molecule has 0 unspecified atom stereocenters. The van der Waals surface area contributed by atoms with E-state index >= 15 is 0 Å². The van der Waals surface area contributed by atoms with Crippen molar-refractivity contribution in [1.29, 1.82) is 0 Å². The van der Waals surface area contributed by atoms with Crippen molar-refractivity contribution in [2.45, 2.75) is 40.2 Å².